The van der Waals surface area contributed by atoms with E-state index >= 15 is 0 Å². The largest absolute Gasteiger partial charge is 0.419 e. The van der Waals surface area contributed by atoms with Gasteiger partial charge < -0.3 is 19.7 Å². The van der Waals surface area contributed by atoms with Crippen molar-refractivity contribution in [3.8, 4) is 0 Å². The van der Waals surface area contributed by atoms with Crippen molar-refractivity contribution < 1.29 is 23.9 Å². The number of hydrogen-bond donors (Lipinski definition) is 1. The summed E-state index contributed by atoms with van der Waals surface area (Å²) in [5.74, 6) is -2.80. The monoisotopic (exact) mass is 398 g/mol. The van der Waals surface area contributed by atoms with Gasteiger partial charge in [0.05, 0.1) is 4.88 Å². The van der Waals surface area contributed by atoms with Crippen LogP contribution in [0, 0.1) is 0 Å². The van der Waals surface area contributed by atoms with Crippen molar-refractivity contribution >= 4 is 40.6 Å². The second kappa shape index (κ2) is 6.79. The molecule has 0 atom stereocenters. The molecule has 2 aliphatic heterocycles. The summed E-state index contributed by atoms with van der Waals surface area (Å²) in [6.45, 7) is 3.60. The average Bonchev–Trinajstić information content (AvgIpc) is 3.29. The van der Waals surface area contributed by atoms with Gasteiger partial charge >= 0.3 is 11.9 Å². The number of ether oxygens (including phenoxy) is 2. The molecule has 0 radical (unpaired) electrons. The first-order chi connectivity index (χ1) is 13.3. The predicted octanol–water partition coefficient (Wildman–Crippen LogP) is 3.08. The molecular formula is C20H18N2O5S. The lowest BCUT2D eigenvalue weighted by Gasteiger charge is -2.29. The van der Waals surface area contributed by atoms with Crippen molar-refractivity contribution in [1.29, 1.82) is 0 Å². The molecule has 2 aromatic rings. The highest BCUT2D eigenvalue weighted by atomic mass is 32.1. The number of fused-ring (bicyclic) bond motifs is 1. The minimum absolute atomic E-state index is 0.0362. The quantitative estimate of drug-likeness (QED) is 0.486. The van der Waals surface area contributed by atoms with Gasteiger partial charge in [-0.15, -0.1) is 11.3 Å². The number of rotatable bonds is 3. The molecule has 1 aromatic heterocycles. The number of hydrogen-bond acceptors (Lipinski definition) is 7. The summed E-state index contributed by atoms with van der Waals surface area (Å²) >= 11 is 1.41. The van der Waals surface area contributed by atoms with Gasteiger partial charge in [0.25, 0.3) is 11.7 Å². The third-order valence-electron chi connectivity index (χ3n) is 4.46. The lowest BCUT2D eigenvalue weighted by Crippen LogP contribution is -2.42. The molecule has 0 aliphatic carbocycles. The van der Waals surface area contributed by atoms with E-state index < -0.39 is 17.7 Å². The van der Waals surface area contributed by atoms with Gasteiger partial charge in [0.1, 0.15) is 0 Å². The minimum Gasteiger partial charge on any atom is -0.419 e. The number of carbonyl (C=O) groups excluding carboxylic acids is 3. The number of cyclic esters (lactones) is 2. The van der Waals surface area contributed by atoms with Crippen LogP contribution in [-0.4, -0.2) is 30.2 Å². The molecular weight excluding hydrogens is 380 g/mol. The van der Waals surface area contributed by atoms with Crippen LogP contribution in [0.5, 0.6) is 0 Å². The number of anilines is 2. The molecule has 0 saturated carbocycles. The SMILES string of the molecule is CC1(C)OC(=O)C(=CNc2ccc3c(c2)N(C(=O)c2cccs2)CC3)C(=O)O1. The fourth-order valence-corrected chi connectivity index (χ4v) is 3.82. The van der Waals surface area contributed by atoms with Crippen LogP contribution in [0.3, 0.4) is 0 Å². The first kappa shape index (κ1) is 18.2. The van der Waals surface area contributed by atoms with E-state index in [-0.39, 0.29) is 11.5 Å². The molecule has 0 spiro atoms. The van der Waals surface area contributed by atoms with Crippen LogP contribution in [0.25, 0.3) is 0 Å². The molecule has 1 saturated heterocycles. The molecule has 1 N–H and O–H groups in total. The van der Waals surface area contributed by atoms with E-state index in [0.29, 0.717) is 17.1 Å². The van der Waals surface area contributed by atoms with Crippen molar-refractivity contribution in [2.24, 2.45) is 0 Å². The molecule has 7 nitrogen and oxygen atoms in total. The summed E-state index contributed by atoms with van der Waals surface area (Å²) in [5.41, 5.74) is 2.31. The molecule has 1 amide bonds. The van der Waals surface area contributed by atoms with Crippen LogP contribution in [0.15, 0.2) is 47.5 Å². The predicted molar refractivity (Wildman–Crippen MR) is 104 cm³/mol. The van der Waals surface area contributed by atoms with Gasteiger partial charge in [-0.2, -0.15) is 0 Å². The van der Waals surface area contributed by atoms with Crippen LogP contribution < -0.4 is 10.2 Å². The van der Waals surface area contributed by atoms with Crippen molar-refractivity contribution in [1.82, 2.24) is 0 Å². The van der Waals surface area contributed by atoms with Crippen molar-refractivity contribution in [2.45, 2.75) is 26.1 Å². The van der Waals surface area contributed by atoms with Gasteiger partial charge in [-0.1, -0.05) is 12.1 Å². The molecule has 1 fully saturated rings. The number of amides is 1. The van der Waals surface area contributed by atoms with Crippen LogP contribution in [0.1, 0.15) is 29.1 Å². The summed E-state index contributed by atoms with van der Waals surface area (Å²) in [4.78, 5) is 39.2. The lowest BCUT2D eigenvalue weighted by atomic mass is 10.1. The second-order valence-electron chi connectivity index (χ2n) is 6.91. The Hall–Kier alpha value is -3.13. The van der Waals surface area contributed by atoms with Gasteiger partial charge in [-0.25, -0.2) is 9.59 Å². The average molecular weight is 398 g/mol. The zero-order valence-electron chi connectivity index (χ0n) is 15.4. The van der Waals surface area contributed by atoms with Crippen molar-refractivity contribution in [3.05, 3.63) is 57.9 Å². The highest BCUT2D eigenvalue weighted by Gasteiger charge is 2.39. The molecule has 4 rings (SSSR count). The number of carbonyl (C=O) groups is 3. The number of nitrogens with zero attached hydrogens (tertiary/aromatic N) is 1. The Morgan fingerprint density at radius 1 is 1.21 bits per heavy atom. The maximum atomic E-state index is 12.7. The van der Waals surface area contributed by atoms with E-state index in [9.17, 15) is 14.4 Å². The first-order valence-electron chi connectivity index (χ1n) is 8.76. The molecule has 2 aliphatic rings. The normalized spacial score (nSPS) is 17.6. The van der Waals surface area contributed by atoms with Crippen LogP contribution in [-0.2, 0) is 25.5 Å². The van der Waals surface area contributed by atoms with Gasteiger partial charge in [-0.05, 0) is 35.6 Å². The number of nitrogens with one attached hydrogen (secondary N) is 1. The second-order valence-corrected chi connectivity index (χ2v) is 7.86. The Labute approximate surface area is 165 Å². The van der Waals surface area contributed by atoms with E-state index in [1.807, 2.05) is 29.6 Å². The number of benzene rings is 1. The summed E-state index contributed by atoms with van der Waals surface area (Å²) < 4.78 is 10.1. The molecule has 144 valence electrons. The molecule has 1 aromatic carbocycles. The molecule has 8 heteroatoms. The summed E-state index contributed by atoms with van der Waals surface area (Å²) in [6, 6.07) is 9.24. The number of thiophene rings is 1. The molecule has 3 heterocycles. The zero-order valence-corrected chi connectivity index (χ0v) is 16.2. The van der Waals surface area contributed by atoms with Crippen LogP contribution in [0.4, 0.5) is 11.4 Å². The zero-order chi connectivity index (χ0) is 19.9. The summed E-state index contributed by atoms with van der Waals surface area (Å²) in [6.07, 6.45) is 2.05. The highest BCUT2D eigenvalue weighted by molar-refractivity contribution is 7.12. The topological polar surface area (TPSA) is 84.9 Å². The maximum Gasteiger partial charge on any atom is 0.350 e. The van der Waals surface area contributed by atoms with Crippen LogP contribution >= 0.6 is 11.3 Å². The Morgan fingerprint density at radius 2 is 1.96 bits per heavy atom. The molecule has 28 heavy (non-hydrogen) atoms. The van der Waals surface area contributed by atoms with E-state index in [4.69, 9.17) is 9.47 Å². The maximum absolute atomic E-state index is 12.7. The highest BCUT2D eigenvalue weighted by Crippen LogP contribution is 2.33. The third kappa shape index (κ3) is 3.38. The van der Waals surface area contributed by atoms with E-state index in [1.54, 1.807) is 11.0 Å². The van der Waals surface area contributed by atoms with Gasteiger partial charge in [0.2, 0.25) is 0 Å². The first-order valence-corrected chi connectivity index (χ1v) is 9.64. The molecule has 0 unspecified atom stereocenters. The van der Waals surface area contributed by atoms with Gasteiger partial charge in [0, 0.05) is 38.0 Å². The fraction of sp³-hybridized carbons (Fsp3) is 0.250. The Balaban J connectivity index is 1.55. The summed E-state index contributed by atoms with van der Waals surface area (Å²) in [5, 5.41) is 4.80. The van der Waals surface area contributed by atoms with Crippen LogP contribution in [0.2, 0.25) is 0 Å². The Kier molecular flexibility index (Phi) is 4.43. The molecule has 0 bridgehead atoms. The van der Waals surface area contributed by atoms with Gasteiger partial charge in [-0.3, -0.25) is 4.79 Å². The number of esters is 2. The van der Waals surface area contributed by atoms with Crippen molar-refractivity contribution in [2.75, 3.05) is 16.8 Å². The van der Waals surface area contributed by atoms with Gasteiger partial charge in [0.15, 0.2) is 5.57 Å². The minimum atomic E-state index is -1.28. The summed E-state index contributed by atoms with van der Waals surface area (Å²) in [7, 11) is 0. The third-order valence-corrected chi connectivity index (χ3v) is 5.32. The van der Waals surface area contributed by atoms with E-state index in [2.05, 4.69) is 5.32 Å². The smallest absolute Gasteiger partial charge is 0.350 e. The van der Waals surface area contributed by atoms with E-state index in [0.717, 1.165) is 17.7 Å². The van der Waals surface area contributed by atoms with E-state index in [1.165, 1.54) is 31.4 Å². The standard InChI is InChI=1S/C20H18N2O5S/c1-20(2)26-18(24)14(19(25)27-20)11-21-13-6-5-12-7-8-22(15(12)10-13)17(23)16-4-3-9-28-16/h3-6,9-11,21H,7-8H2,1-2H3. The Morgan fingerprint density at radius 3 is 2.64 bits per heavy atom. The lowest BCUT2D eigenvalue weighted by molar-refractivity contribution is -0.222. The fourth-order valence-electron chi connectivity index (χ4n) is 3.15. The Bertz CT molecular complexity index is 972. The van der Waals surface area contributed by atoms with Crippen molar-refractivity contribution in [3.63, 3.8) is 0 Å².